The topological polar surface area (TPSA) is 37.3 Å². The van der Waals surface area contributed by atoms with Crippen LogP contribution < -0.4 is 0 Å². The van der Waals surface area contributed by atoms with Gasteiger partial charge in [-0.2, -0.15) is 0 Å². The number of halogens is 5. The van der Waals surface area contributed by atoms with Crippen LogP contribution in [0.1, 0.15) is 10.4 Å². The number of benzene rings is 5. The molecule has 0 aliphatic carbocycles. The Morgan fingerprint density at radius 1 is 0.588 bits per heavy atom. The minimum absolute atomic E-state index is 0.0266. The first-order valence-corrected chi connectivity index (χ1v) is 10.1. The van der Waals surface area contributed by atoms with Gasteiger partial charge in [0, 0.05) is 11.1 Å². The Morgan fingerprint density at radius 3 is 1.74 bits per heavy atom. The smallest absolute Gasteiger partial charge is 0.200 e. The molecule has 2 nitrogen and oxygen atoms in total. The third-order valence-electron chi connectivity index (χ3n) is 5.84. The van der Waals surface area contributed by atoms with Crippen LogP contribution in [-0.2, 0) is 0 Å². The predicted molar refractivity (Wildman–Crippen MR) is 119 cm³/mol. The van der Waals surface area contributed by atoms with Gasteiger partial charge in [-0.3, -0.25) is 4.79 Å². The summed E-state index contributed by atoms with van der Waals surface area (Å²) < 4.78 is 71.8. The molecule has 0 atom stereocenters. The number of carbonyl (C=O) groups is 1. The fourth-order valence-electron chi connectivity index (χ4n) is 4.29. The van der Waals surface area contributed by atoms with Crippen molar-refractivity contribution in [2.24, 2.45) is 0 Å². The monoisotopic (exact) mass is 464 g/mol. The quantitative estimate of drug-likeness (QED) is 0.130. The van der Waals surface area contributed by atoms with Crippen LogP contribution in [0, 0.1) is 29.1 Å². The Hall–Kier alpha value is -4.26. The molecular formula is C27H13F5O2. The Kier molecular flexibility index (Phi) is 5.05. The van der Waals surface area contributed by atoms with Crippen molar-refractivity contribution in [1.82, 2.24) is 0 Å². The van der Waals surface area contributed by atoms with Gasteiger partial charge in [-0.05, 0) is 33.2 Å². The minimum atomic E-state index is -2.27. The summed E-state index contributed by atoms with van der Waals surface area (Å²) in [4.78, 5) is 11.7. The first-order chi connectivity index (χ1) is 16.3. The third-order valence-corrected chi connectivity index (χ3v) is 5.84. The van der Waals surface area contributed by atoms with Gasteiger partial charge in [0.05, 0.1) is 11.1 Å². The summed E-state index contributed by atoms with van der Waals surface area (Å²) in [6, 6.07) is 17.5. The highest BCUT2D eigenvalue weighted by molar-refractivity contribution is 6.14. The fraction of sp³-hybridized carbons (Fsp3) is 0. The molecule has 0 spiro atoms. The van der Waals surface area contributed by atoms with E-state index in [1.165, 1.54) is 18.2 Å². The Morgan fingerprint density at radius 2 is 1.12 bits per heavy atom. The van der Waals surface area contributed by atoms with Crippen LogP contribution in [0.3, 0.4) is 0 Å². The van der Waals surface area contributed by atoms with Crippen molar-refractivity contribution < 1.29 is 31.9 Å². The van der Waals surface area contributed by atoms with E-state index < -0.39 is 40.4 Å². The van der Waals surface area contributed by atoms with Crippen molar-refractivity contribution in [2.75, 3.05) is 0 Å². The van der Waals surface area contributed by atoms with E-state index in [2.05, 4.69) is 0 Å². The van der Waals surface area contributed by atoms with Crippen LogP contribution in [0.25, 0.3) is 43.8 Å². The molecule has 7 heteroatoms. The van der Waals surface area contributed by atoms with E-state index in [1.807, 2.05) is 0 Å². The van der Waals surface area contributed by atoms with E-state index in [-0.39, 0.29) is 22.3 Å². The average molecular weight is 464 g/mol. The summed E-state index contributed by atoms with van der Waals surface area (Å²) in [7, 11) is 0. The summed E-state index contributed by atoms with van der Waals surface area (Å²) in [6.07, 6.45) is 0.425. The van der Waals surface area contributed by atoms with Crippen LogP contribution in [0.2, 0.25) is 0 Å². The highest BCUT2D eigenvalue weighted by Crippen LogP contribution is 2.47. The van der Waals surface area contributed by atoms with Crippen molar-refractivity contribution in [1.29, 1.82) is 0 Å². The van der Waals surface area contributed by atoms with E-state index in [1.54, 1.807) is 48.5 Å². The number of rotatable bonds is 3. The number of hydrogen-bond acceptors (Lipinski definition) is 2. The van der Waals surface area contributed by atoms with Crippen molar-refractivity contribution in [3.05, 3.63) is 101 Å². The molecule has 5 aromatic carbocycles. The van der Waals surface area contributed by atoms with Gasteiger partial charge < -0.3 is 5.11 Å². The molecule has 0 aromatic heterocycles. The third kappa shape index (κ3) is 3.04. The van der Waals surface area contributed by atoms with Crippen LogP contribution in [-0.4, -0.2) is 11.4 Å². The van der Waals surface area contributed by atoms with Crippen LogP contribution in [0.4, 0.5) is 22.0 Å². The summed E-state index contributed by atoms with van der Waals surface area (Å²) in [5, 5.41) is 13.0. The standard InChI is InChI=1S/C27H13F5O2/c28-22-21(23(29)25(31)26(32)24(22)30)18-10-9-13-5-1-3-7-16(13)19(18)20-17-8-4-2-6-14(17)11-15(12-33)27(20)34/h1-12,34H. The highest BCUT2D eigenvalue weighted by Gasteiger charge is 2.30. The van der Waals surface area contributed by atoms with Crippen molar-refractivity contribution >= 4 is 27.8 Å². The molecule has 0 aliphatic heterocycles. The molecule has 0 aliphatic rings. The van der Waals surface area contributed by atoms with E-state index >= 15 is 0 Å². The molecule has 0 radical (unpaired) electrons. The molecule has 0 heterocycles. The number of phenolic OH excluding ortho intramolecular Hbond substituents is 1. The number of aldehydes is 1. The van der Waals surface area contributed by atoms with Gasteiger partial charge in [-0.25, -0.2) is 22.0 Å². The molecule has 5 aromatic rings. The lowest BCUT2D eigenvalue weighted by atomic mass is 9.85. The first-order valence-electron chi connectivity index (χ1n) is 10.1. The molecule has 0 fully saturated rings. The molecule has 0 bridgehead atoms. The van der Waals surface area contributed by atoms with Gasteiger partial charge in [-0.1, -0.05) is 60.7 Å². The second-order valence-corrected chi connectivity index (χ2v) is 7.68. The second kappa shape index (κ2) is 7.95. The summed E-state index contributed by atoms with van der Waals surface area (Å²) >= 11 is 0. The highest BCUT2D eigenvalue weighted by atomic mass is 19.2. The van der Waals surface area contributed by atoms with E-state index in [4.69, 9.17) is 0 Å². The Labute approximate surface area is 189 Å². The van der Waals surface area contributed by atoms with Crippen molar-refractivity contribution in [3.63, 3.8) is 0 Å². The Balaban J connectivity index is 2.05. The van der Waals surface area contributed by atoms with E-state index in [0.29, 0.717) is 27.8 Å². The molecule has 5 rings (SSSR count). The zero-order valence-electron chi connectivity index (χ0n) is 17.2. The molecule has 0 unspecified atom stereocenters. The molecule has 0 saturated heterocycles. The predicted octanol–water partition coefficient (Wildman–Crippen LogP) is 7.54. The molecule has 168 valence electrons. The minimum Gasteiger partial charge on any atom is -0.507 e. The molecule has 34 heavy (non-hydrogen) atoms. The lowest BCUT2D eigenvalue weighted by molar-refractivity contribution is 0.112. The van der Waals surface area contributed by atoms with Crippen molar-refractivity contribution in [2.45, 2.75) is 0 Å². The number of aromatic hydroxyl groups is 1. The molecular weight excluding hydrogens is 451 g/mol. The maximum Gasteiger partial charge on any atom is 0.200 e. The zero-order valence-corrected chi connectivity index (χ0v) is 17.2. The maximum atomic E-state index is 14.9. The fourth-order valence-corrected chi connectivity index (χ4v) is 4.29. The lowest BCUT2D eigenvalue weighted by Gasteiger charge is -2.19. The van der Waals surface area contributed by atoms with Crippen LogP contribution in [0.5, 0.6) is 5.75 Å². The van der Waals surface area contributed by atoms with E-state index in [0.717, 1.165) is 0 Å². The van der Waals surface area contributed by atoms with Crippen LogP contribution in [0.15, 0.2) is 66.7 Å². The summed E-state index contributed by atoms with van der Waals surface area (Å²) in [5.41, 5.74) is -1.48. The van der Waals surface area contributed by atoms with Gasteiger partial charge in [0.15, 0.2) is 29.6 Å². The SMILES string of the molecule is O=Cc1cc2ccccc2c(-c2c(-c3c(F)c(F)c(F)c(F)c3F)ccc3ccccc23)c1O. The van der Waals surface area contributed by atoms with E-state index in [9.17, 15) is 31.9 Å². The van der Waals surface area contributed by atoms with Crippen LogP contribution >= 0.6 is 0 Å². The van der Waals surface area contributed by atoms with Gasteiger partial charge in [0.25, 0.3) is 0 Å². The lowest BCUT2D eigenvalue weighted by Crippen LogP contribution is -2.05. The summed E-state index contributed by atoms with van der Waals surface area (Å²) in [6.45, 7) is 0. The van der Waals surface area contributed by atoms with Gasteiger partial charge >= 0.3 is 0 Å². The number of phenols is 1. The van der Waals surface area contributed by atoms with Gasteiger partial charge in [0.2, 0.25) is 5.82 Å². The number of hydrogen-bond donors (Lipinski definition) is 1. The average Bonchev–Trinajstić information content (AvgIpc) is 2.86. The van der Waals surface area contributed by atoms with Gasteiger partial charge in [0.1, 0.15) is 5.75 Å². The first kappa shape index (κ1) is 21.6. The molecule has 0 amide bonds. The number of fused-ring (bicyclic) bond motifs is 2. The zero-order chi connectivity index (χ0) is 24.1. The Bertz CT molecular complexity index is 1610. The summed E-state index contributed by atoms with van der Waals surface area (Å²) in [5.74, 6) is -10.9. The van der Waals surface area contributed by atoms with Gasteiger partial charge in [-0.15, -0.1) is 0 Å². The maximum absolute atomic E-state index is 14.9. The van der Waals surface area contributed by atoms with Crippen molar-refractivity contribution in [3.8, 4) is 28.0 Å². The second-order valence-electron chi connectivity index (χ2n) is 7.68. The number of carbonyl (C=O) groups excluding carboxylic acids is 1. The largest absolute Gasteiger partial charge is 0.507 e. The molecule has 1 N–H and O–H groups in total. The molecule has 0 saturated carbocycles. The normalized spacial score (nSPS) is 11.3.